The molecule has 2 spiro atoms. The summed E-state index contributed by atoms with van der Waals surface area (Å²) in [5.41, 5.74) is -0.814. The van der Waals surface area contributed by atoms with Crippen molar-refractivity contribution in [2.75, 3.05) is 0 Å². The lowest BCUT2D eigenvalue weighted by atomic mass is 9.65. The summed E-state index contributed by atoms with van der Waals surface area (Å²) in [6.07, 6.45) is 9.77. The zero-order chi connectivity index (χ0) is 11.7. The van der Waals surface area contributed by atoms with Gasteiger partial charge in [-0.25, -0.2) is 0 Å². The summed E-state index contributed by atoms with van der Waals surface area (Å²) in [6, 6.07) is 0. The predicted molar refractivity (Wildman–Crippen MR) is 61.4 cm³/mol. The van der Waals surface area contributed by atoms with E-state index in [1.165, 1.54) is 0 Å². The summed E-state index contributed by atoms with van der Waals surface area (Å²) in [6.45, 7) is 2.04. The fraction of sp³-hybridized carbons (Fsp3) is 0.786. The standard InChI is InChI=1S/C14H18O3/c1-12-6-2-5-9-14(12)16-11(10(12)15)13(17-14)7-3-4-8-13/h3,7,11H,2,4-6,8-9H2,1H3/t11-,12+,13?,14-/m0/s1. The van der Waals surface area contributed by atoms with Crippen molar-refractivity contribution >= 4 is 5.78 Å². The van der Waals surface area contributed by atoms with Crippen LogP contribution in [-0.4, -0.2) is 23.3 Å². The van der Waals surface area contributed by atoms with Crippen molar-refractivity contribution in [2.24, 2.45) is 5.41 Å². The number of carbonyl (C=O) groups excluding carboxylic acids is 1. The van der Waals surface area contributed by atoms with Crippen LogP contribution in [0, 0.1) is 5.41 Å². The fourth-order valence-electron chi connectivity index (χ4n) is 4.18. The summed E-state index contributed by atoms with van der Waals surface area (Å²) in [4.78, 5) is 12.6. The predicted octanol–water partition coefficient (Wildman–Crippen LogP) is 2.35. The minimum absolute atomic E-state index is 0.287. The Hall–Kier alpha value is -0.670. The highest BCUT2D eigenvalue weighted by molar-refractivity contribution is 5.94. The Morgan fingerprint density at radius 2 is 2.12 bits per heavy atom. The van der Waals surface area contributed by atoms with Gasteiger partial charge in [0.15, 0.2) is 17.7 Å². The third kappa shape index (κ3) is 0.958. The van der Waals surface area contributed by atoms with Crippen molar-refractivity contribution in [1.29, 1.82) is 0 Å². The van der Waals surface area contributed by atoms with Gasteiger partial charge in [-0.3, -0.25) is 4.79 Å². The molecule has 4 rings (SSSR count). The molecule has 0 aromatic rings. The number of ketones is 1. The molecule has 2 heterocycles. The highest BCUT2D eigenvalue weighted by atomic mass is 16.8. The van der Waals surface area contributed by atoms with Gasteiger partial charge in [0.2, 0.25) is 0 Å². The summed E-state index contributed by atoms with van der Waals surface area (Å²) in [7, 11) is 0. The van der Waals surface area contributed by atoms with Crippen LogP contribution in [0.5, 0.6) is 0 Å². The fourth-order valence-corrected chi connectivity index (χ4v) is 4.18. The monoisotopic (exact) mass is 234 g/mol. The van der Waals surface area contributed by atoms with Crippen LogP contribution >= 0.6 is 0 Å². The van der Waals surface area contributed by atoms with E-state index in [2.05, 4.69) is 12.2 Å². The Labute approximate surface area is 101 Å². The first-order valence-electron chi connectivity index (χ1n) is 6.72. The molecule has 3 nitrogen and oxygen atoms in total. The van der Waals surface area contributed by atoms with Gasteiger partial charge >= 0.3 is 0 Å². The molecule has 0 aromatic carbocycles. The second-order valence-electron chi connectivity index (χ2n) is 6.15. The van der Waals surface area contributed by atoms with Gasteiger partial charge in [0.05, 0.1) is 5.41 Å². The number of rotatable bonds is 0. The number of ether oxygens (including phenoxy) is 2. The van der Waals surface area contributed by atoms with Gasteiger partial charge in [-0.2, -0.15) is 0 Å². The van der Waals surface area contributed by atoms with Crippen LogP contribution < -0.4 is 0 Å². The van der Waals surface area contributed by atoms with Crippen LogP contribution in [0.15, 0.2) is 12.2 Å². The average molecular weight is 234 g/mol. The first kappa shape index (κ1) is 10.3. The number of hydrogen-bond donors (Lipinski definition) is 0. The van der Waals surface area contributed by atoms with E-state index in [1.807, 2.05) is 6.92 Å². The van der Waals surface area contributed by atoms with E-state index < -0.39 is 16.8 Å². The Morgan fingerprint density at radius 1 is 1.29 bits per heavy atom. The van der Waals surface area contributed by atoms with Crippen molar-refractivity contribution < 1.29 is 14.3 Å². The van der Waals surface area contributed by atoms with Crippen molar-refractivity contribution in [3.8, 4) is 0 Å². The molecule has 4 atom stereocenters. The van der Waals surface area contributed by atoms with Crippen LogP contribution in [0.1, 0.15) is 45.4 Å². The Bertz CT molecular complexity index is 429. The van der Waals surface area contributed by atoms with E-state index >= 15 is 0 Å². The molecule has 0 radical (unpaired) electrons. The van der Waals surface area contributed by atoms with Gasteiger partial charge < -0.3 is 9.47 Å². The molecule has 2 aliphatic carbocycles. The van der Waals surface area contributed by atoms with Gasteiger partial charge in [0, 0.05) is 6.42 Å². The minimum atomic E-state index is -0.609. The number of carbonyl (C=O) groups is 1. The largest absolute Gasteiger partial charge is 0.335 e. The number of fused-ring (bicyclic) bond motifs is 2. The lowest BCUT2D eigenvalue weighted by molar-refractivity contribution is -0.244. The molecule has 0 aromatic heterocycles. The minimum Gasteiger partial charge on any atom is -0.335 e. The molecular formula is C14H18O3. The van der Waals surface area contributed by atoms with E-state index in [9.17, 15) is 4.79 Å². The average Bonchev–Trinajstić information content (AvgIpc) is 2.95. The van der Waals surface area contributed by atoms with E-state index in [-0.39, 0.29) is 11.9 Å². The zero-order valence-electron chi connectivity index (χ0n) is 10.2. The second kappa shape index (κ2) is 2.83. The van der Waals surface area contributed by atoms with Crippen LogP contribution in [-0.2, 0) is 14.3 Å². The summed E-state index contributed by atoms with van der Waals surface area (Å²) in [5.74, 6) is -0.322. The van der Waals surface area contributed by atoms with Gasteiger partial charge in [0.1, 0.15) is 5.60 Å². The topological polar surface area (TPSA) is 35.5 Å². The van der Waals surface area contributed by atoms with Crippen molar-refractivity contribution in [2.45, 2.75) is 62.9 Å². The molecule has 2 saturated heterocycles. The zero-order valence-corrected chi connectivity index (χ0v) is 10.2. The van der Waals surface area contributed by atoms with Crippen molar-refractivity contribution in [3.63, 3.8) is 0 Å². The third-order valence-corrected chi connectivity index (χ3v) is 5.26. The summed E-state index contributed by atoms with van der Waals surface area (Å²) < 4.78 is 12.4. The molecule has 3 fully saturated rings. The number of allylic oxidation sites excluding steroid dienone is 1. The van der Waals surface area contributed by atoms with Gasteiger partial charge in [-0.1, -0.05) is 18.6 Å². The maximum Gasteiger partial charge on any atom is 0.182 e. The van der Waals surface area contributed by atoms with E-state index in [1.54, 1.807) is 0 Å². The maximum absolute atomic E-state index is 12.6. The van der Waals surface area contributed by atoms with Crippen LogP contribution in [0.3, 0.4) is 0 Å². The lowest BCUT2D eigenvalue weighted by Crippen LogP contribution is -2.58. The quantitative estimate of drug-likeness (QED) is 0.603. The molecule has 2 aliphatic heterocycles. The third-order valence-electron chi connectivity index (χ3n) is 5.26. The first-order chi connectivity index (χ1) is 8.12. The molecule has 17 heavy (non-hydrogen) atoms. The van der Waals surface area contributed by atoms with E-state index in [0.717, 1.165) is 38.5 Å². The molecule has 92 valence electrons. The maximum atomic E-state index is 12.6. The molecule has 2 bridgehead atoms. The van der Waals surface area contributed by atoms with Crippen LogP contribution in [0.25, 0.3) is 0 Å². The molecule has 0 N–H and O–H groups in total. The van der Waals surface area contributed by atoms with Gasteiger partial charge in [0.25, 0.3) is 0 Å². The van der Waals surface area contributed by atoms with Crippen LogP contribution in [0.2, 0.25) is 0 Å². The summed E-state index contributed by atoms with van der Waals surface area (Å²) >= 11 is 0. The molecular weight excluding hydrogens is 216 g/mol. The van der Waals surface area contributed by atoms with E-state index in [4.69, 9.17) is 9.47 Å². The van der Waals surface area contributed by atoms with E-state index in [0.29, 0.717) is 0 Å². The molecule has 4 aliphatic rings. The van der Waals surface area contributed by atoms with Gasteiger partial charge in [-0.05, 0) is 32.6 Å². The molecule has 3 heteroatoms. The smallest absolute Gasteiger partial charge is 0.182 e. The van der Waals surface area contributed by atoms with Gasteiger partial charge in [-0.15, -0.1) is 0 Å². The second-order valence-corrected chi connectivity index (χ2v) is 6.15. The Kier molecular flexibility index (Phi) is 1.71. The molecule has 1 unspecified atom stereocenters. The van der Waals surface area contributed by atoms with Crippen molar-refractivity contribution in [3.05, 3.63) is 12.2 Å². The van der Waals surface area contributed by atoms with Crippen LogP contribution in [0.4, 0.5) is 0 Å². The number of Topliss-reactive ketones (excluding diaryl/α,β-unsaturated/α-hetero) is 1. The molecule has 1 saturated carbocycles. The Balaban J connectivity index is 1.82. The Morgan fingerprint density at radius 3 is 2.88 bits per heavy atom. The summed E-state index contributed by atoms with van der Waals surface area (Å²) in [5, 5.41) is 0. The highest BCUT2D eigenvalue weighted by Crippen LogP contribution is 2.63. The normalized spacial score (nSPS) is 55.8. The molecule has 0 amide bonds. The van der Waals surface area contributed by atoms with Crippen molar-refractivity contribution in [1.82, 2.24) is 0 Å². The highest BCUT2D eigenvalue weighted by Gasteiger charge is 2.75. The first-order valence-corrected chi connectivity index (χ1v) is 6.72. The SMILES string of the molecule is C[C@]12CCCC[C@@]13O[C@@H](C2=O)C1(C=CCC1)O3. The number of hydrogen-bond acceptors (Lipinski definition) is 3. The lowest BCUT2D eigenvalue weighted by Gasteiger charge is -2.47.